The molecule has 0 aliphatic carbocycles. The van der Waals surface area contributed by atoms with Gasteiger partial charge in [0.05, 0.1) is 5.60 Å². The van der Waals surface area contributed by atoms with E-state index >= 15 is 0 Å². The summed E-state index contributed by atoms with van der Waals surface area (Å²) in [6.07, 6.45) is 1.49. The van der Waals surface area contributed by atoms with Crippen molar-refractivity contribution in [2.24, 2.45) is 5.73 Å². The topological polar surface area (TPSA) is 49.5 Å². The van der Waals surface area contributed by atoms with Crippen LogP contribution >= 0.6 is 0 Å². The molecule has 0 radical (unpaired) electrons. The summed E-state index contributed by atoms with van der Waals surface area (Å²) in [6.45, 7) is 5.48. The van der Waals surface area contributed by atoms with Crippen LogP contribution in [-0.4, -0.2) is 34.7 Å². The van der Waals surface area contributed by atoms with Gasteiger partial charge in [0.1, 0.15) is 5.82 Å². The zero-order valence-electron chi connectivity index (χ0n) is 11.6. The average molecular weight is 266 g/mol. The van der Waals surface area contributed by atoms with Crippen LogP contribution in [0.2, 0.25) is 0 Å². The highest BCUT2D eigenvalue weighted by Gasteiger charge is 2.32. The highest BCUT2D eigenvalue weighted by atomic mass is 19.1. The quantitative estimate of drug-likeness (QED) is 0.880. The molecule has 1 fully saturated rings. The summed E-state index contributed by atoms with van der Waals surface area (Å²) in [4.78, 5) is 2.29. The van der Waals surface area contributed by atoms with Crippen LogP contribution in [0.1, 0.15) is 38.3 Å². The Morgan fingerprint density at radius 3 is 2.26 bits per heavy atom. The van der Waals surface area contributed by atoms with E-state index < -0.39 is 5.60 Å². The van der Waals surface area contributed by atoms with E-state index in [0.717, 1.165) is 31.5 Å². The van der Waals surface area contributed by atoms with Crippen LogP contribution in [0, 0.1) is 5.82 Å². The second-order valence-corrected chi connectivity index (χ2v) is 5.89. The van der Waals surface area contributed by atoms with Crippen LogP contribution in [0.15, 0.2) is 24.3 Å². The molecule has 0 amide bonds. The highest BCUT2D eigenvalue weighted by Crippen LogP contribution is 2.30. The normalized spacial score (nSPS) is 23.0. The van der Waals surface area contributed by atoms with Crippen molar-refractivity contribution in [1.29, 1.82) is 0 Å². The van der Waals surface area contributed by atoms with Crippen molar-refractivity contribution in [3.05, 3.63) is 35.6 Å². The number of piperidine rings is 1. The summed E-state index contributed by atoms with van der Waals surface area (Å²) in [7, 11) is 0. The number of likely N-dealkylation sites (tertiary alicyclic amines) is 1. The van der Waals surface area contributed by atoms with Gasteiger partial charge in [-0.1, -0.05) is 12.1 Å². The fraction of sp³-hybridized carbons (Fsp3) is 0.600. The van der Waals surface area contributed by atoms with Gasteiger partial charge in [-0.3, -0.25) is 4.90 Å². The summed E-state index contributed by atoms with van der Waals surface area (Å²) < 4.78 is 13.0. The van der Waals surface area contributed by atoms with Gasteiger partial charge >= 0.3 is 0 Å². The third-order valence-electron chi connectivity index (χ3n) is 3.98. The monoisotopic (exact) mass is 266 g/mol. The lowest BCUT2D eigenvalue weighted by atomic mass is 9.90. The molecule has 1 aromatic carbocycles. The lowest BCUT2D eigenvalue weighted by Crippen LogP contribution is -2.48. The fourth-order valence-electron chi connectivity index (χ4n) is 2.79. The predicted molar refractivity (Wildman–Crippen MR) is 74.2 cm³/mol. The van der Waals surface area contributed by atoms with Gasteiger partial charge in [-0.2, -0.15) is 0 Å². The molecule has 2 unspecified atom stereocenters. The Balaban J connectivity index is 2.15. The van der Waals surface area contributed by atoms with Gasteiger partial charge in [0.2, 0.25) is 0 Å². The Kier molecular flexibility index (Phi) is 4.23. The van der Waals surface area contributed by atoms with E-state index in [0.29, 0.717) is 0 Å². The smallest absolute Gasteiger partial charge is 0.123 e. The van der Waals surface area contributed by atoms with Crippen molar-refractivity contribution in [1.82, 2.24) is 4.90 Å². The molecule has 2 atom stereocenters. The van der Waals surface area contributed by atoms with Crippen LogP contribution in [0.4, 0.5) is 4.39 Å². The van der Waals surface area contributed by atoms with Gasteiger partial charge < -0.3 is 10.8 Å². The van der Waals surface area contributed by atoms with E-state index in [2.05, 4.69) is 4.90 Å². The molecule has 3 N–H and O–H groups in total. The maximum absolute atomic E-state index is 13.0. The largest absolute Gasteiger partial charge is 0.390 e. The Morgan fingerprint density at radius 2 is 1.79 bits per heavy atom. The van der Waals surface area contributed by atoms with Gasteiger partial charge in [-0.15, -0.1) is 0 Å². The Labute approximate surface area is 114 Å². The van der Waals surface area contributed by atoms with Gasteiger partial charge in [-0.25, -0.2) is 4.39 Å². The molecule has 0 spiro atoms. The molecule has 1 aromatic rings. The summed E-state index contributed by atoms with van der Waals surface area (Å²) in [5, 5.41) is 10.0. The number of nitrogens with zero attached hydrogens (tertiary/aromatic N) is 1. The fourth-order valence-corrected chi connectivity index (χ4v) is 2.79. The van der Waals surface area contributed by atoms with E-state index in [-0.39, 0.29) is 17.9 Å². The zero-order valence-corrected chi connectivity index (χ0v) is 11.6. The van der Waals surface area contributed by atoms with Crippen LogP contribution in [0.25, 0.3) is 0 Å². The Morgan fingerprint density at radius 1 is 1.26 bits per heavy atom. The van der Waals surface area contributed by atoms with Crippen LogP contribution < -0.4 is 5.73 Å². The first kappa shape index (κ1) is 14.4. The number of benzene rings is 1. The number of aliphatic hydroxyl groups is 1. The molecular weight excluding hydrogens is 243 g/mol. The second-order valence-electron chi connectivity index (χ2n) is 5.89. The number of hydrogen-bond donors (Lipinski definition) is 2. The lowest BCUT2D eigenvalue weighted by molar-refractivity contribution is -0.0194. The molecule has 4 heteroatoms. The minimum atomic E-state index is -0.568. The Hall–Kier alpha value is -0.970. The summed E-state index contributed by atoms with van der Waals surface area (Å²) in [5.74, 6) is -0.228. The molecule has 19 heavy (non-hydrogen) atoms. The molecule has 106 valence electrons. The van der Waals surface area contributed by atoms with E-state index in [4.69, 9.17) is 5.73 Å². The summed E-state index contributed by atoms with van der Waals surface area (Å²) in [5.41, 5.74) is 6.58. The molecular formula is C15H23FN2O. The molecule has 1 saturated heterocycles. The van der Waals surface area contributed by atoms with Gasteiger partial charge in [0.15, 0.2) is 0 Å². The average Bonchev–Trinajstić information content (AvgIpc) is 2.33. The van der Waals surface area contributed by atoms with E-state index in [1.165, 1.54) is 12.1 Å². The molecule has 0 saturated carbocycles. The first-order valence-electron chi connectivity index (χ1n) is 6.86. The number of nitrogens with two attached hydrogens (primary N) is 1. The maximum Gasteiger partial charge on any atom is 0.123 e. The van der Waals surface area contributed by atoms with Gasteiger partial charge in [-0.05, 0) is 44.4 Å². The van der Waals surface area contributed by atoms with Crippen molar-refractivity contribution < 1.29 is 9.50 Å². The first-order chi connectivity index (χ1) is 8.89. The van der Waals surface area contributed by atoms with Crippen molar-refractivity contribution in [2.75, 3.05) is 13.1 Å². The first-order valence-corrected chi connectivity index (χ1v) is 6.86. The van der Waals surface area contributed by atoms with E-state index in [1.807, 2.05) is 13.8 Å². The van der Waals surface area contributed by atoms with Crippen molar-refractivity contribution in [3.63, 3.8) is 0 Å². The highest BCUT2D eigenvalue weighted by molar-refractivity contribution is 5.21. The summed E-state index contributed by atoms with van der Waals surface area (Å²) >= 11 is 0. The summed E-state index contributed by atoms with van der Waals surface area (Å²) in [6, 6.07) is 6.60. The van der Waals surface area contributed by atoms with E-state index in [9.17, 15) is 9.50 Å². The van der Waals surface area contributed by atoms with Crippen LogP contribution in [-0.2, 0) is 0 Å². The SMILES string of the molecule is CC(N)C(c1ccc(F)cc1)N1CCC(C)(O)CC1. The van der Waals surface area contributed by atoms with Crippen LogP contribution in [0.3, 0.4) is 0 Å². The number of halogens is 1. The van der Waals surface area contributed by atoms with Crippen LogP contribution in [0.5, 0.6) is 0 Å². The standard InChI is InChI=1S/C15H23FN2O/c1-11(17)14(12-3-5-13(16)6-4-12)18-9-7-15(2,19)8-10-18/h3-6,11,14,19H,7-10,17H2,1-2H3. The minimum Gasteiger partial charge on any atom is -0.390 e. The molecule has 0 bridgehead atoms. The second kappa shape index (κ2) is 5.57. The Bertz CT molecular complexity index is 407. The van der Waals surface area contributed by atoms with E-state index in [1.54, 1.807) is 12.1 Å². The zero-order chi connectivity index (χ0) is 14.0. The third-order valence-corrected chi connectivity index (χ3v) is 3.98. The number of hydrogen-bond acceptors (Lipinski definition) is 3. The molecule has 1 aliphatic rings. The third kappa shape index (κ3) is 3.53. The van der Waals surface area contributed by atoms with Crippen molar-refractivity contribution >= 4 is 0 Å². The molecule has 1 aliphatic heterocycles. The molecule has 2 rings (SSSR count). The maximum atomic E-state index is 13.0. The molecule has 0 aromatic heterocycles. The minimum absolute atomic E-state index is 0.0338. The lowest BCUT2D eigenvalue weighted by Gasteiger charge is -2.41. The van der Waals surface area contributed by atoms with Crippen molar-refractivity contribution in [2.45, 2.75) is 44.4 Å². The van der Waals surface area contributed by atoms with Crippen molar-refractivity contribution in [3.8, 4) is 0 Å². The van der Waals surface area contributed by atoms with Gasteiger partial charge in [0.25, 0.3) is 0 Å². The van der Waals surface area contributed by atoms with Gasteiger partial charge in [0, 0.05) is 25.2 Å². The predicted octanol–water partition coefficient (Wildman–Crippen LogP) is 2.06. The molecule has 1 heterocycles. The number of rotatable bonds is 3. The molecule has 3 nitrogen and oxygen atoms in total.